The Morgan fingerprint density at radius 3 is 1.62 bits per heavy atom. The van der Waals surface area contributed by atoms with Crippen molar-refractivity contribution in [1.29, 1.82) is 0 Å². The van der Waals surface area contributed by atoms with E-state index in [1.807, 2.05) is 0 Å². The Labute approximate surface area is 164 Å². The number of likely N-dealkylation sites (tertiary alicyclic amines) is 1. The Balaban J connectivity index is 0.00000529. The van der Waals surface area contributed by atoms with Crippen LogP contribution in [-0.4, -0.2) is 24.5 Å². The Kier molecular flexibility index (Phi) is 18.6. The second kappa shape index (κ2) is 18.2. The van der Waals surface area contributed by atoms with Crippen LogP contribution in [-0.2, 0) is 0 Å². The summed E-state index contributed by atoms with van der Waals surface area (Å²) in [6, 6.07) is 0. The minimum atomic E-state index is 0. The summed E-state index contributed by atoms with van der Waals surface area (Å²) in [4.78, 5) is 2.70. The third-order valence-electron chi connectivity index (χ3n) is 5.57. The van der Waals surface area contributed by atoms with Crippen LogP contribution in [0.2, 0.25) is 0 Å². The van der Waals surface area contributed by atoms with Gasteiger partial charge in [0.1, 0.15) is 0 Å². The Bertz CT molecular complexity index is 244. The van der Waals surface area contributed by atoms with Gasteiger partial charge in [-0.2, -0.15) is 0 Å². The molecule has 1 fully saturated rings. The van der Waals surface area contributed by atoms with Crippen LogP contribution in [0, 0.1) is 5.92 Å². The van der Waals surface area contributed by atoms with Gasteiger partial charge in [-0.05, 0) is 38.3 Å². The van der Waals surface area contributed by atoms with Crippen molar-refractivity contribution in [2.24, 2.45) is 5.92 Å². The molecule has 146 valence electrons. The molecule has 1 unspecified atom stereocenters. The maximum absolute atomic E-state index is 2.70. The molecule has 1 heterocycles. The van der Waals surface area contributed by atoms with Crippen molar-refractivity contribution >= 4 is 17.0 Å². The summed E-state index contributed by atoms with van der Waals surface area (Å²) in [5.41, 5.74) is 0. The lowest BCUT2D eigenvalue weighted by Crippen LogP contribution is -2.34. The van der Waals surface area contributed by atoms with Crippen LogP contribution in [0.5, 0.6) is 0 Å². The normalized spacial score (nSPS) is 18.5. The van der Waals surface area contributed by atoms with Gasteiger partial charge in [0.15, 0.2) is 0 Å². The lowest BCUT2D eigenvalue weighted by atomic mass is 10.00. The van der Waals surface area contributed by atoms with Gasteiger partial charge in [-0.3, -0.25) is 0 Å². The SMILES string of the molecule is Br.CCCCCCCCCCCCCCCCN1CCCC(C)C1. The van der Waals surface area contributed by atoms with Gasteiger partial charge in [-0.15, -0.1) is 17.0 Å². The molecule has 0 bridgehead atoms. The number of hydrogen-bond acceptors (Lipinski definition) is 1. The standard InChI is InChI=1S/C22H45N.BrH/c1-3-4-5-6-7-8-9-10-11-12-13-14-15-16-19-23-20-17-18-22(2)21-23;/h22H,3-21H2,1-2H3;1H. The summed E-state index contributed by atoms with van der Waals surface area (Å²) in [5.74, 6) is 0.940. The van der Waals surface area contributed by atoms with E-state index in [0.717, 1.165) is 5.92 Å². The van der Waals surface area contributed by atoms with E-state index < -0.39 is 0 Å². The molecule has 1 aliphatic rings. The van der Waals surface area contributed by atoms with Gasteiger partial charge in [-0.25, -0.2) is 0 Å². The van der Waals surface area contributed by atoms with Gasteiger partial charge in [0.2, 0.25) is 0 Å². The molecule has 1 aliphatic heterocycles. The summed E-state index contributed by atoms with van der Waals surface area (Å²) < 4.78 is 0. The molecular formula is C22H46BrN. The maximum Gasteiger partial charge on any atom is 0.000703 e. The van der Waals surface area contributed by atoms with E-state index in [-0.39, 0.29) is 17.0 Å². The molecule has 2 heteroatoms. The average Bonchev–Trinajstić information content (AvgIpc) is 2.55. The van der Waals surface area contributed by atoms with Crippen molar-refractivity contribution in [3.63, 3.8) is 0 Å². The number of piperidine rings is 1. The minimum Gasteiger partial charge on any atom is -0.303 e. The largest absolute Gasteiger partial charge is 0.303 e. The molecule has 0 aliphatic carbocycles. The fourth-order valence-corrected chi connectivity index (χ4v) is 4.02. The first-order chi connectivity index (χ1) is 11.3. The van der Waals surface area contributed by atoms with Crippen molar-refractivity contribution in [2.75, 3.05) is 19.6 Å². The number of halogens is 1. The predicted octanol–water partition coefficient (Wildman–Crippen LogP) is 7.78. The van der Waals surface area contributed by atoms with Crippen LogP contribution in [0.15, 0.2) is 0 Å². The fourth-order valence-electron chi connectivity index (χ4n) is 4.02. The fraction of sp³-hybridized carbons (Fsp3) is 1.00. The highest BCUT2D eigenvalue weighted by molar-refractivity contribution is 8.93. The van der Waals surface area contributed by atoms with Gasteiger partial charge >= 0.3 is 0 Å². The first-order valence-corrected chi connectivity index (χ1v) is 11.0. The molecule has 0 aromatic carbocycles. The van der Waals surface area contributed by atoms with Crippen molar-refractivity contribution in [3.8, 4) is 0 Å². The molecule has 1 nitrogen and oxygen atoms in total. The molecule has 0 spiro atoms. The summed E-state index contributed by atoms with van der Waals surface area (Å²) in [5, 5.41) is 0. The summed E-state index contributed by atoms with van der Waals surface area (Å²) in [6.45, 7) is 8.80. The highest BCUT2D eigenvalue weighted by atomic mass is 79.9. The summed E-state index contributed by atoms with van der Waals surface area (Å²) >= 11 is 0. The third-order valence-corrected chi connectivity index (χ3v) is 5.57. The molecule has 0 amide bonds. The third kappa shape index (κ3) is 14.8. The van der Waals surface area contributed by atoms with E-state index in [0.29, 0.717) is 0 Å². The Morgan fingerprint density at radius 1 is 0.708 bits per heavy atom. The summed E-state index contributed by atoms with van der Waals surface area (Å²) in [6.07, 6.45) is 23.4. The highest BCUT2D eigenvalue weighted by Crippen LogP contribution is 2.17. The van der Waals surface area contributed by atoms with Crippen LogP contribution in [0.25, 0.3) is 0 Å². The average molecular weight is 405 g/mol. The number of hydrogen-bond donors (Lipinski definition) is 0. The van der Waals surface area contributed by atoms with Gasteiger partial charge in [0.25, 0.3) is 0 Å². The lowest BCUT2D eigenvalue weighted by molar-refractivity contribution is 0.180. The Morgan fingerprint density at radius 2 is 1.17 bits per heavy atom. The molecule has 0 saturated carbocycles. The van der Waals surface area contributed by atoms with Crippen LogP contribution in [0.1, 0.15) is 117 Å². The molecule has 0 aromatic heterocycles. The van der Waals surface area contributed by atoms with Gasteiger partial charge < -0.3 is 4.90 Å². The molecule has 0 N–H and O–H groups in total. The number of nitrogens with zero attached hydrogens (tertiary/aromatic N) is 1. The number of rotatable bonds is 15. The van der Waals surface area contributed by atoms with Gasteiger partial charge in [-0.1, -0.05) is 97.3 Å². The lowest BCUT2D eigenvalue weighted by Gasteiger charge is -2.30. The van der Waals surface area contributed by atoms with E-state index >= 15 is 0 Å². The second-order valence-corrected chi connectivity index (χ2v) is 8.14. The maximum atomic E-state index is 2.70. The zero-order chi connectivity index (χ0) is 16.6. The smallest absolute Gasteiger partial charge is 0.000703 e. The molecule has 1 saturated heterocycles. The molecule has 0 radical (unpaired) electrons. The zero-order valence-electron chi connectivity index (χ0n) is 16.9. The van der Waals surface area contributed by atoms with E-state index in [1.54, 1.807) is 0 Å². The van der Waals surface area contributed by atoms with Crippen molar-refractivity contribution in [2.45, 2.75) is 117 Å². The quantitative estimate of drug-likeness (QED) is 0.252. The zero-order valence-corrected chi connectivity index (χ0v) is 18.6. The molecule has 1 atom stereocenters. The van der Waals surface area contributed by atoms with Crippen LogP contribution < -0.4 is 0 Å². The van der Waals surface area contributed by atoms with E-state index in [4.69, 9.17) is 0 Å². The van der Waals surface area contributed by atoms with Gasteiger partial charge in [0.05, 0.1) is 0 Å². The Hall–Kier alpha value is 0.440. The number of unbranched alkanes of at least 4 members (excludes halogenated alkanes) is 13. The molecule has 0 aromatic rings. The van der Waals surface area contributed by atoms with Crippen molar-refractivity contribution < 1.29 is 0 Å². The first kappa shape index (κ1) is 24.4. The molecular weight excluding hydrogens is 358 g/mol. The van der Waals surface area contributed by atoms with Crippen LogP contribution in [0.4, 0.5) is 0 Å². The van der Waals surface area contributed by atoms with Crippen LogP contribution in [0.3, 0.4) is 0 Å². The monoisotopic (exact) mass is 403 g/mol. The molecule has 24 heavy (non-hydrogen) atoms. The van der Waals surface area contributed by atoms with E-state index in [1.165, 1.54) is 122 Å². The van der Waals surface area contributed by atoms with Crippen LogP contribution >= 0.6 is 17.0 Å². The minimum absolute atomic E-state index is 0. The van der Waals surface area contributed by atoms with E-state index in [9.17, 15) is 0 Å². The first-order valence-electron chi connectivity index (χ1n) is 11.0. The van der Waals surface area contributed by atoms with Gasteiger partial charge in [0, 0.05) is 6.54 Å². The highest BCUT2D eigenvalue weighted by Gasteiger charge is 2.14. The predicted molar refractivity (Wildman–Crippen MR) is 115 cm³/mol. The van der Waals surface area contributed by atoms with Crippen molar-refractivity contribution in [3.05, 3.63) is 0 Å². The van der Waals surface area contributed by atoms with Crippen molar-refractivity contribution in [1.82, 2.24) is 4.90 Å². The molecule has 1 rings (SSSR count). The van der Waals surface area contributed by atoms with E-state index in [2.05, 4.69) is 18.7 Å². The second-order valence-electron chi connectivity index (χ2n) is 8.14. The summed E-state index contributed by atoms with van der Waals surface area (Å²) in [7, 11) is 0. The topological polar surface area (TPSA) is 3.24 Å².